The van der Waals surface area contributed by atoms with Gasteiger partial charge in [-0.05, 0) is 36.3 Å². The van der Waals surface area contributed by atoms with Gasteiger partial charge in [0.25, 0.3) is 0 Å². The van der Waals surface area contributed by atoms with Gasteiger partial charge >= 0.3 is 0 Å². The van der Waals surface area contributed by atoms with E-state index in [2.05, 4.69) is 38.1 Å². The second kappa shape index (κ2) is 4.58. The first-order chi connectivity index (χ1) is 7.72. The van der Waals surface area contributed by atoms with Gasteiger partial charge in [0, 0.05) is 5.54 Å². The molecule has 0 spiro atoms. The summed E-state index contributed by atoms with van der Waals surface area (Å²) in [6, 6.07) is 8.76. The number of hydrogen-bond donors (Lipinski definition) is 1. The van der Waals surface area contributed by atoms with Crippen molar-refractivity contribution in [2.24, 2.45) is 11.7 Å². The van der Waals surface area contributed by atoms with Crippen LogP contribution in [0.15, 0.2) is 24.3 Å². The second-order valence-corrected chi connectivity index (χ2v) is 5.14. The van der Waals surface area contributed by atoms with E-state index in [-0.39, 0.29) is 5.54 Å². The molecule has 1 nitrogen and oxygen atoms in total. The molecule has 0 bridgehead atoms. The molecule has 0 aromatic heterocycles. The molecule has 1 aliphatic rings. The van der Waals surface area contributed by atoms with E-state index in [1.165, 1.54) is 36.8 Å². The maximum Gasteiger partial charge on any atom is 0.0444 e. The zero-order chi connectivity index (χ0) is 11.6. The number of fused-ring (bicyclic) bond motifs is 1. The highest BCUT2D eigenvalue weighted by Crippen LogP contribution is 2.44. The Kier molecular flexibility index (Phi) is 3.34. The van der Waals surface area contributed by atoms with E-state index in [9.17, 15) is 0 Å². The lowest BCUT2D eigenvalue weighted by Gasteiger charge is -2.32. The summed E-state index contributed by atoms with van der Waals surface area (Å²) in [7, 11) is 0. The molecule has 0 saturated heterocycles. The molecule has 16 heavy (non-hydrogen) atoms. The molecular weight excluding hydrogens is 194 g/mol. The summed E-state index contributed by atoms with van der Waals surface area (Å²) in [6.45, 7) is 4.49. The van der Waals surface area contributed by atoms with Gasteiger partial charge in [-0.25, -0.2) is 0 Å². The van der Waals surface area contributed by atoms with Crippen LogP contribution in [0.1, 0.15) is 50.7 Å². The number of rotatable bonds is 4. The highest BCUT2D eigenvalue weighted by molar-refractivity contribution is 5.39. The first-order valence-electron chi connectivity index (χ1n) is 6.59. The largest absolute Gasteiger partial charge is 0.321 e. The topological polar surface area (TPSA) is 26.0 Å². The fourth-order valence-electron chi connectivity index (χ4n) is 3.28. The molecule has 88 valence electrons. The van der Waals surface area contributed by atoms with Crippen LogP contribution in [0.25, 0.3) is 0 Å². The average molecular weight is 217 g/mol. The molecular formula is C15H23N. The molecule has 2 N–H and O–H groups in total. The van der Waals surface area contributed by atoms with Crippen LogP contribution < -0.4 is 5.73 Å². The fourth-order valence-corrected chi connectivity index (χ4v) is 3.28. The minimum Gasteiger partial charge on any atom is -0.321 e. The van der Waals surface area contributed by atoms with Gasteiger partial charge in [0.2, 0.25) is 0 Å². The van der Waals surface area contributed by atoms with Crippen molar-refractivity contribution in [2.45, 2.75) is 51.5 Å². The van der Waals surface area contributed by atoms with E-state index in [1.54, 1.807) is 0 Å². The van der Waals surface area contributed by atoms with Crippen LogP contribution in [0.4, 0.5) is 0 Å². The van der Waals surface area contributed by atoms with Crippen LogP contribution in [0.5, 0.6) is 0 Å². The number of benzene rings is 1. The molecule has 2 unspecified atom stereocenters. The summed E-state index contributed by atoms with van der Waals surface area (Å²) < 4.78 is 0. The molecule has 2 atom stereocenters. The zero-order valence-electron chi connectivity index (χ0n) is 10.5. The van der Waals surface area contributed by atoms with Gasteiger partial charge < -0.3 is 5.73 Å². The number of nitrogens with two attached hydrogens (primary N) is 1. The van der Waals surface area contributed by atoms with Crippen molar-refractivity contribution in [3.63, 3.8) is 0 Å². The monoisotopic (exact) mass is 217 g/mol. The predicted molar refractivity (Wildman–Crippen MR) is 69.3 cm³/mol. The molecule has 1 aromatic carbocycles. The highest BCUT2D eigenvalue weighted by Gasteiger charge is 2.41. The van der Waals surface area contributed by atoms with E-state index in [4.69, 9.17) is 5.73 Å². The van der Waals surface area contributed by atoms with Gasteiger partial charge in [-0.3, -0.25) is 0 Å². The molecule has 0 aliphatic heterocycles. The van der Waals surface area contributed by atoms with Crippen molar-refractivity contribution < 1.29 is 0 Å². The smallest absolute Gasteiger partial charge is 0.0444 e. The van der Waals surface area contributed by atoms with E-state index in [0.717, 1.165) is 6.42 Å². The zero-order valence-corrected chi connectivity index (χ0v) is 10.5. The van der Waals surface area contributed by atoms with Gasteiger partial charge in [0.1, 0.15) is 0 Å². The van der Waals surface area contributed by atoms with Crippen LogP contribution in [0.2, 0.25) is 0 Å². The lowest BCUT2D eigenvalue weighted by Crippen LogP contribution is -2.41. The summed E-state index contributed by atoms with van der Waals surface area (Å²) in [6.07, 6.45) is 5.97. The molecule has 1 heteroatoms. The van der Waals surface area contributed by atoms with E-state index >= 15 is 0 Å². The summed E-state index contributed by atoms with van der Waals surface area (Å²) in [5, 5.41) is 0. The van der Waals surface area contributed by atoms with Gasteiger partial charge in [-0.15, -0.1) is 0 Å². The minimum absolute atomic E-state index is 0.0542. The van der Waals surface area contributed by atoms with Crippen molar-refractivity contribution in [1.82, 2.24) is 0 Å². The lowest BCUT2D eigenvalue weighted by molar-refractivity contribution is 0.262. The normalized spacial score (nSPS) is 28.1. The van der Waals surface area contributed by atoms with E-state index < -0.39 is 0 Å². The van der Waals surface area contributed by atoms with Gasteiger partial charge in [0.05, 0.1) is 0 Å². The van der Waals surface area contributed by atoms with Crippen molar-refractivity contribution in [1.29, 1.82) is 0 Å². The molecule has 0 heterocycles. The van der Waals surface area contributed by atoms with Gasteiger partial charge in [-0.1, -0.05) is 51.0 Å². The van der Waals surface area contributed by atoms with Gasteiger partial charge in [0.15, 0.2) is 0 Å². The summed E-state index contributed by atoms with van der Waals surface area (Å²) >= 11 is 0. The molecule has 1 aromatic rings. The van der Waals surface area contributed by atoms with E-state index in [1.807, 2.05) is 0 Å². The Labute approximate surface area is 99.0 Å². The SMILES string of the molecule is CCCC1Cc2ccccc2C1(N)CCC. The predicted octanol–water partition coefficient (Wildman–Crippen LogP) is 3.61. The summed E-state index contributed by atoms with van der Waals surface area (Å²) in [4.78, 5) is 0. The van der Waals surface area contributed by atoms with Crippen molar-refractivity contribution >= 4 is 0 Å². The Balaban J connectivity index is 2.35. The first kappa shape index (κ1) is 11.7. The number of hydrogen-bond acceptors (Lipinski definition) is 1. The summed E-state index contributed by atoms with van der Waals surface area (Å²) in [5.74, 6) is 0.648. The van der Waals surface area contributed by atoms with Crippen LogP contribution in [-0.2, 0) is 12.0 Å². The molecule has 1 aliphatic carbocycles. The Morgan fingerprint density at radius 2 is 2.00 bits per heavy atom. The van der Waals surface area contributed by atoms with Crippen LogP contribution in [-0.4, -0.2) is 0 Å². The van der Waals surface area contributed by atoms with Crippen molar-refractivity contribution in [3.8, 4) is 0 Å². The second-order valence-electron chi connectivity index (χ2n) is 5.14. The van der Waals surface area contributed by atoms with Crippen LogP contribution in [0, 0.1) is 5.92 Å². The minimum atomic E-state index is -0.0542. The fraction of sp³-hybridized carbons (Fsp3) is 0.600. The first-order valence-corrected chi connectivity index (χ1v) is 6.59. The highest BCUT2D eigenvalue weighted by atomic mass is 14.8. The molecule has 0 fully saturated rings. The van der Waals surface area contributed by atoms with E-state index in [0.29, 0.717) is 5.92 Å². The third-order valence-electron chi connectivity index (χ3n) is 4.01. The van der Waals surface area contributed by atoms with Crippen LogP contribution in [0.3, 0.4) is 0 Å². The third kappa shape index (κ3) is 1.78. The Morgan fingerprint density at radius 1 is 1.25 bits per heavy atom. The van der Waals surface area contributed by atoms with Crippen molar-refractivity contribution in [2.75, 3.05) is 0 Å². The molecule has 0 radical (unpaired) electrons. The Hall–Kier alpha value is -0.820. The average Bonchev–Trinajstić information content (AvgIpc) is 2.55. The van der Waals surface area contributed by atoms with Crippen LogP contribution >= 0.6 is 0 Å². The standard InChI is InChI=1S/C15H23N/c1-3-7-13-11-12-8-5-6-9-14(12)15(13,16)10-4-2/h5-6,8-9,13H,3-4,7,10-11,16H2,1-2H3. The third-order valence-corrected chi connectivity index (χ3v) is 4.01. The molecule has 0 saturated carbocycles. The summed E-state index contributed by atoms with van der Waals surface area (Å²) in [5.41, 5.74) is 9.55. The van der Waals surface area contributed by atoms with Gasteiger partial charge in [-0.2, -0.15) is 0 Å². The maximum atomic E-state index is 6.71. The Bertz CT molecular complexity index is 358. The van der Waals surface area contributed by atoms with Crippen molar-refractivity contribution in [3.05, 3.63) is 35.4 Å². The lowest BCUT2D eigenvalue weighted by atomic mass is 9.79. The maximum absolute atomic E-state index is 6.71. The Morgan fingerprint density at radius 3 is 2.69 bits per heavy atom. The molecule has 0 amide bonds. The molecule has 2 rings (SSSR count). The quantitative estimate of drug-likeness (QED) is 0.819.